The SMILES string of the molecule is CC(CCN)NCC1CC1(Cl)Cl. The first-order valence-corrected chi connectivity index (χ1v) is 5.13. The molecule has 4 heteroatoms. The Balaban J connectivity index is 2.03. The van der Waals surface area contributed by atoms with Crippen molar-refractivity contribution < 1.29 is 0 Å². The minimum absolute atomic E-state index is 0.432. The van der Waals surface area contributed by atoms with Crippen molar-refractivity contribution in [2.45, 2.75) is 30.1 Å². The Bertz CT molecular complexity index is 150. The van der Waals surface area contributed by atoms with Gasteiger partial charge in [-0.2, -0.15) is 0 Å². The Morgan fingerprint density at radius 2 is 2.25 bits per heavy atom. The first kappa shape index (κ1) is 10.6. The maximum atomic E-state index is 5.87. The van der Waals surface area contributed by atoms with Crippen LogP contribution in [-0.4, -0.2) is 23.5 Å². The molecule has 12 heavy (non-hydrogen) atoms. The molecular formula is C8H16Cl2N2. The van der Waals surface area contributed by atoms with Crippen LogP contribution in [0.1, 0.15) is 19.8 Å². The molecule has 1 aliphatic carbocycles. The molecule has 0 heterocycles. The third-order valence-corrected chi connectivity index (χ3v) is 3.19. The van der Waals surface area contributed by atoms with E-state index in [2.05, 4.69) is 12.2 Å². The summed E-state index contributed by atoms with van der Waals surface area (Å²) in [6.45, 7) is 3.76. The predicted molar refractivity (Wildman–Crippen MR) is 53.7 cm³/mol. The second-order valence-electron chi connectivity index (χ2n) is 3.55. The number of rotatable bonds is 5. The first-order valence-electron chi connectivity index (χ1n) is 4.37. The molecule has 2 nitrogen and oxygen atoms in total. The van der Waals surface area contributed by atoms with Crippen LogP contribution in [0.25, 0.3) is 0 Å². The summed E-state index contributed by atoms with van der Waals surface area (Å²) in [5.74, 6) is 0.432. The van der Waals surface area contributed by atoms with Gasteiger partial charge in [-0.25, -0.2) is 0 Å². The molecule has 0 aliphatic heterocycles. The highest BCUT2D eigenvalue weighted by Crippen LogP contribution is 2.52. The lowest BCUT2D eigenvalue weighted by Crippen LogP contribution is -2.30. The molecule has 72 valence electrons. The highest BCUT2D eigenvalue weighted by atomic mass is 35.5. The standard InChI is InChI=1S/C8H16Cl2N2/c1-6(2-3-11)12-5-7-4-8(7,9)10/h6-7,12H,2-5,11H2,1H3. The van der Waals surface area contributed by atoms with Gasteiger partial charge in [0.25, 0.3) is 0 Å². The third kappa shape index (κ3) is 3.09. The van der Waals surface area contributed by atoms with Gasteiger partial charge in [-0.05, 0) is 26.3 Å². The van der Waals surface area contributed by atoms with Crippen molar-refractivity contribution in [3.8, 4) is 0 Å². The van der Waals surface area contributed by atoms with E-state index in [0.29, 0.717) is 12.0 Å². The van der Waals surface area contributed by atoms with Gasteiger partial charge >= 0.3 is 0 Å². The molecule has 0 aromatic carbocycles. The van der Waals surface area contributed by atoms with Gasteiger partial charge in [0, 0.05) is 18.5 Å². The van der Waals surface area contributed by atoms with E-state index < -0.39 is 4.33 Å². The molecule has 1 aliphatic rings. The third-order valence-electron chi connectivity index (χ3n) is 2.27. The van der Waals surface area contributed by atoms with Gasteiger partial charge < -0.3 is 11.1 Å². The van der Waals surface area contributed by atoms with Gasteiger partial charge in [0.2, 0.25) is 0 Å². The molecule has 0 aromatic rings. The number of halogens is 2. The summed E-state index contributed by atoms with van der Waals surface area (Å²) in [5.41, 5.74) is 5.41. The number of alkyl halides is 2. The fourth-order valence-corrected chi connectivity index (χ4v) is 1.71. The second kappa shape index (κ2) is 4.14. The average Bonchev–Trinajstić information content (AvgIpc) is 2.56. The Morgan fingerprint density at radius 1 is 1.67 bits per heavy atom. The zero-order valence-corrected chi connectivity index (χ0v) is 8.83. The summed E-state index contributed by atoms with van der Waals surface area (Å²) in [4.78, 5) is 0. The van der Waals surface area contributed by atoms with Gasteiger partial charge in [-0.1, -0.05) is 0 Å². The summed E-state index contributed by atoms with van der Waals surface area (Å²) in [7, 11) is 0. The molecule has 1 rings (SSSR count). The Morgan fingerprint density at radius 3 is 2.67 bits per heavy atom. The summed E-state index contributed by atoms with van der Waals surface area (Å²) in [6, 6.07) is 0.472. The van der Waals surface area contributed by atoms with Crippen LogP contribution < -0.4 is 11.1 Å². The Labute approximate surface area is 83.8 Å². The second-order valence-corrected chi connectivity index (χ2v) is 5.09. The topological polar surface area (TPSA) is 38.0 Å². The van der Waals surface area contributed by atoms with Crippen LogP contribution in [0.3, 0.4) is 0 Å². The zero-order valence-electron chi connectivity index (χ0n) is 7.32. The molecule has 1 fully saturated rings. The molecule has 2 atom stereocenters. The van der Waals surface area contributed by atoms with Crippen molar-refractivity contribution in [2.75, 3.05) is 13.1 Å². The van der Waals surface area contributed by atoms with Crippen molar-refractivity contribution >= 4 is 23.2 Å². The molecule has 3 N–H and O–H groups in total. The van der Waals surface area contributed by atoms with E-state index >= 15 is 0 Å². The van der Waals surface area contributed by atoms with E-state index in [0.717, 1.165) is 25.9 Å². The molecule has 0 radical (unpaired) electrons. The Kier molecular flexibility index (Phi) is 3.65. The molecular weight excluding hydrogens is 195 g/mol. The first-order chi connectivity index (χ1) is 5.56. The Hall–Kier alpha value is 0.500. The molecule has 1 saturated carbocycles. The fraction of sp³-hybridized carbons (Fsp3) is 1.00. The van der Waals surface area contributed by atoms with Gasteiger partial charge in [-0.3, -0.25) is 0 Å². The van der Waals surface area contributed by atoms with E-state index in [1.165, 1.54) is 0 Å². The van der Waals surface area contributed by atoms with E-state index in [1.54, 1.807) is 0 Å². The van der Waals surface area contributed by atoms with E-state index in [-0.39, 0.29) is 0 Å². The number of nitrogens with one attached hydrogen (secondary N) is 1. The van der Waals surface area contributed by atoms with Crippen LogP contribution in [0.15, 0.2) is 0 Å². The lowest BCUT2D eigenvalue weighted by atomic mass is 10.2. The van der Waals surface area contributed by atoms with Crippen molar-refractivity contribution in [3.63, 3.8) is 0 Å². The van der Waals surface area contributed by atoms with E-state index in [9.17, 15) is 0 Å². The lowest BCUT2D eigenvalue weighted by Gasteiger charge is -2.12. The van der Waals surface area contributed by atoms with E-state index in [4.69, 9.17) is 28.9 Å². The van der Waals surface area contributed by atoms with Crippen molar-refractivity contribution in [2.24, 2.45) is 11.7 Å². The lowest BCUT2D eigenvalue weighted by molar-refractivity contribution is 0.503. The average molecular weight is 211 g/mol. The largest absolute Gasteiger partial charge is 0.330 e. The zero-order chi connectivity index (χ0) is 9.19. The van der Waals surface area contributed by atoms with Crippen LogP contribution in [0.5, 0.6) is 0 Å². The highest BCUT2D eigenvalue weighted by molar-refractivity contribution is 6.50. The highest BCUT2D eigenvalue weighted by Gasteiger charge is 2.51. The van der Waals surface area contributed by atoms with Crippen LogP contribution in [-0.2, 0) is 0 Å². The van der Waals surface area contributed by atoms with E-state index in [1.807, 2.05) is 0 Å². The van der Waals surface area contributed by atoms with Crippen LogP contribution in [0.2, 0.25) is 0 Å². The normalized spacial score (nSPS) is 28.5. The number of nitrogens with two attached hydrogens (primary N) is 1. The minimum Gasteiger partial charge on any atom is -0.330 e. The van der Waals surface area contributed by atoms with Crippen molar-refractivity contribution in [1.82, 2.24) is 5.32 Å². The quantitative estimate of drug-likeness (QED) is 0.676. The number of hydrogen-bond donors (Lipinski definition) is 2. The van der Waals surface area contributed by atoms with Crippen molar-refractivity contribution in [3.05, 3.63) is 0 Å². The monoisotopic (exact) mass is 210 g/mol. The van der Waals surface area contributed by atoms with Crippen LogP contribution in [0.4, 0.5) is 0 Å². The van der Waals surface area contributed by atoms with Gasteiger partial charge in [0.15, 0.2) is 0 Å². The smallest absolute Gasteiger partial charge is 0.122 e. The maximum absolute atomic E-state index is 5.87. The number of hydrogen-bond acceptors (Lipinski definition) is 2. The van der Waals surface area contributed by atoms with Crippen LogP contribution in [0, 0.1) is 5.92 Å². The molecule has 0 aromatic heterocycles. The van der Waals surface area contributed by atoms with Crippen LogP contribution >= 0.6 is 23.2 Å². The summed E-state index contributed by atoms with van der Waals surface area (Å²) in [6.07, 6.45) is 1.92. The van der Waals surface area contributed by atoms with Crippen molar-refractivity contribution in [1.29, 1.82) is 0 Å². The summed E-state index contributed by atoms with van der Waals surface area (Å²) < 4.78 is -0.449. The summed E-state index contributed by atoms with van der Waals surface area (Å²) in [5, 5.41) is 3.35. The molecule has 2 unspecified atom stereocenters. The molecule has 0 saturated heterocycles. The fourth-order valence-electron chi connectivity index (χ4n) is 1.19. The molecule has 0 spiro atoms. The van der Waals surface area contributed by atoms with Gasteiger partial charge in [0.05, 0.1) is 0 Å². The molecule has 0 bridgehead atoms. The predicted octanol–water partition coefficient (Wildman–Crippen LogP) is 1.51. The summed E-state index contributed by atoms with van der Waals surface area (Å²) >= 11 is 11.7. The van der Waals surface area contributed by atoms with Gasteiger partial charge in [0.1, 0.15) is 4.33 Å². The maximum Gasteiger partial charge on any atom is 0.122 e. The molecule has 0 amide bonds. The van der Waals surface area contributed by atoms with Gasteiger partial charge in [-0.15, -0.1) is 23.2 Å². The minimum atomic E-state index is -0.449.